The van der Waals surface area contributed by atoms with E-state index in [2.05, 4.69) is 10.2 Å². The fourth-order valence-electron chi connectivity index (χ4n) is 3.16. The average Bonchev–Trinajstić information content (AvgIpc) is 2.83. The van der Waals surface area contributed by atoms with Crippen molar-refractivity contribution in [3.63, 3.8) is 0 Å². The van der Waals surface area contributed by atoms with Crippen LogP contribution in [0.3, 0.4) is 0 Å². The van der Waals surface area contributed by atoms with E-state index in [0.717, 1.165) is 54.6 Å². The highest BCUT2D eigenvalue weighted by molar-refractivity contribution is 6.04. The summed E-state index contributed by atoms with van der Waals surface area (Å²) in [7, 11) is 2.02. The lowest BCUT2D eigenvalue weighted by Gasteiger charge is -2.13. The van der Waals surface area contributed by atoms with Gasteiger partial charge >= 0.3 is 0 Å². The number of nitrogens with zero attached hydrogens (tertiary/aromatic N) is 1. The molecule has 6 heteroatoms. The molecule has 0 aliphatic carbocycles. The average molecular weight is 370 g/mol. The van der Waals surface area contributed by atoms with Gasteiger partial charge in [-0.1, -0.05) is 18.2 Å². The maximum atomic E-state index is 13.7. The third-order valence-corrected chi connectivity index (χ3v) is 4.72. The van der Waals surface area contributed by atoms with E-state index < -0.39 is 23.1 Å². The van der Waals surface area contributed by atoms with Gasteiger partial charge < -0.3 is 10.2 Å². The Morgan fingerprint density at radius 2 is 1.67 bits per heavy atom. The third-order valence-electron chi connectivity index (χ3n) is 4.72. The lowest BCUT2D eigenvalue weighted by atomic mass is 9.96. The van der Waals surface area contributed by atoms with Gasteiger partial charge in [-0.15, -0.1) is 0 Å². The molecule has 140 valence electrons. The summed E-state index contributed by atoms with van der Waals surface area (Å²) in [6.07, 6.45) is 2.36. The highest BCUT2D eigenvalue weighted by atomic mass is 19.1. The molecule has 0 bridgehead atoms. The van der Waals surface area contributed by atoms with Crippen molar-refractivity contribution in [1.82, 2.24) is 4.90 Å². The number of hydrogen-bond donors (Lipinski definition) is 1. The van der Waals surface area contributed by atoms with Crippen molar-refractivity contribution in [2.24, 2.45) is 0 Å². The van der Waals surface area contributed by atoms with E-state index in [1.807, 2.05) is 7.05 Å². The molecule has 1 aliphatic heterocycles. The molecule has 0 saturated heterocycles. The van der Waals surface area contributed by atoms with Gasteiger partial charge in [0.25, 0.3) is 5.91 Å². The van der Waals surface area contributed by atoms with Crippen LogP contribution in [0.1, 0.15) is 28.8 Å². The van der Waals surface area contributed by atoms with E-state index in [1.165, 1.54) is 6.07 Å². The minimum Gasteiger partial charge on any atom is -0.322 e. The number of carbonyl (C=O) groups excluding carboxylic acids is 2. The second-order valence-corrected chi connectivity index (χ2v) is 6.55. The van der Waals surface area contributed by atoms with Gasteiger partial charge in [0.2, 0.25) is 0 Å². The summed E-state index contributed by atoms with van der Waals surface area (Å²) in [4.78, 5) is 25.8. The van der Waals surface area contributed by atoms with Crippen molar-refractivity contribution in [3.05, 3.63) is 70.8 Å². The molecule has 1 amide bonds. The van der Waals surface area contributed by atoms with Gasteiger partial charge in [0.15, 0.2) is 0 Å². The van der Waals surface area contributed by atoms with Gasteiger partial charge in [-0.25, -0.2) is 8.78 Å². The van der Waals surface area contributed by atoms with E-state index in [1.54, 1.807) is 24.3 Å². The van der Waals surface area contributed by atoms with Crippen molar-refractivity contribution in [3.8, 4) is 0 Å². The number of carbonyl (C=O) groups is 2. The molecule has 0 spiro atoms. The monoisotopic (exact) mass is 370 g/mol. The van der Waals surface area contributed by atoms with Gasteiger partial charge in [0, 0.05) is 18.8 Å². The van der Waals surface area contributed by atoms with E-state index >= 15 is 0 Å². The maximum Gasteiger partial charge on any atom is 0.261 e. The standard InChI is InChI=1S/C21H20F2N2O2/c1-25-11-9-15(13-26)17(10-12-25)14-5-7-16(8-6-14)24-21(27)20-18(22)3-2-4-19(20)23/h2-8,13H,9-12H2,1H3,(H,24,27). The minimum atomic E-state index is -0.910. The lowest BCUT2D eigenvalue weighted by molar-refractivity contribution is -0.105. The Kier molecular flexibility index (Phi) is 5.76. The summed E-state index contributed by atoms with van der Waals surface area (Å²) < 4.78 is 27.4. The Morgan fingerprint density at radius 3 is 2.30 bits per heavy atom. The first-order valence-corrected chi connectivity index (χ1v) is 8.71. The second kappa shape index (κ2) is 8.22. The van der Waals surface area contributed by atoms with E-state index in [4.69, 9.17) is 0 Å². The third kappa shape index (κ3) is 4.28. The summed E-state index contributed by atoms with van der Waals surface area (Å²) in [5, 5.41) is 2.50. The number of halogens is 2. The Hall–Kier alpha value is -2.86. The molecule has 4 nitrogen and oxygen atoms in total. The van der Waals surface area contributed by atoms with Crippen LogP contribution < -0.4 is 5.32 Å². The summed E-state index contributed by atoms with van der Waals surface area (Å²) in [6, 6.07) is 10.2. The summed E-state index contributed by atoms with van der Waals surface area (Å²) in [6.45, 7) is 1.69. The van der Waals surface area contributed by atoms with E-state index in [9.17, 15) is 18.4 Å². The first-order chi connectivity index (χ1) is 13.0. The van der Waals surface area contributed by atoms with Crippen LogP contribution in [0, 0.1) is 11.6 Å². The molecule has 0 unspecified atom stereocenters. The highest BCUT2D eigenvalue weighted by Crippen LogP contribution is 2.27. The van der Waals surface area contributed by atoms with Crippen molar-refractivity contribution in [2.75, 3.05) is 25.5 Å². The molecule has 2 aromatic rings. The summed E-state index contributed by atoms with van der Waals surface area (Å²) >= 11 is 0. The predicted molar refractivity (Wildman–Crippen MR) is 100 cm³/mol. The van der Waals surface area contributed by atoms with Crippen molar-refractivity contribution < 1.29 is 18.4 Å². The smallest absolute Gasteiger partial charge is 0.261 e. The molecule has 1 heterocycles. The Bertz CT molecular complexity index is 871. The number of hydrogen-bond acceptors (Lipinski definition) is 3. The molecule has 0 saturated carbocycles. The fourth-order valence-corrected chi connectivity index (χ4v) is 3.16. The second-order valence-electron chi connectivity index (χ2n) is 6.55. The Balaban J connectivity index is 1.80. The fraction of sp³-hybridized carbons (Fsp3) is 0.238. The zero-order valence-electron chi connectivity index (χ0n) is 15.0. The topological polar surface area (TPSA) is 49.4 Å². The number of aldehydes is 1. The Morgan fingerprint density at radius 1 is 1.04 bits per heavy atom. The molecule has 0 fully saturated rings. The molecule has 1 N–H and O–H groups in total. The molecule has 1 aliphatic rings. The number of anilines is 1. The van der Waals surface area contributed by atoms with E-state index in [-0.39, 0.29) is 0 Å². The number of nitrogens with one attached hydrogen (secondary N) is 1. The molecule has 0 aromatic heterocycles. The zero-order valence-corrected chi connectivity index (χ0v) is 15.0. The van der Waals surface area contributed by atoms with Crippen LogP contribution in [0.4, 0.5) is 14.5 Å². The largest absolute Gasteiger partial charge is 0.322 e. The lowest BCUT2D eigenvalue weighted by Crippen LogP contribution is -2.19. The molecule has 0 atom stereocenters. The first kappa shape index (κ1) is 18.9. The zero-order chi connectivity index (χ0) is 19.4. The van der Waals surface area contributed by atoms with Crippen molar-refractivity contribution >= 4 is 23.5 Å². The predicted octanol–water partition coefficient (Wildman–Crippen LogP) is 3.90. The first-order valence-electron chi connectivity index (χ1n) is 8.71. The molecule has 0 radical (unpaired) electrons. The number of benzene rings is 2. The van der Waals surface area contributed by atoms with Gasteiger partial charge in [0.05, 0.1) is 0 Å². The molecule has 3 rings (SSSR count). The summed E-state index contributed by atoms with van der Waals surface area (Å²) in [5.74, 6) is -2.66. The Labute approximate surface area is 156 Å². The number of rotatable bonds is 4. The number of amides is 1. The summed E-state index contributed by atoms with van der Waals surface area (Å²) in [5.41, 5.74) is 2.49. The molecular formula is C21H20F2N2O2. The minimum absolute atomic E-state index is 0.422. The van der Waals surface area contributed by atoms with E-state index in [0.29, 0.717) is 12.1 Å². The van der Waals surface area contributed by atoms with Crippen LogP contribution >= 0.6 is 0 Å². The van der Waals surface area contributed by atoms with Crippen LogP contribution in [0.5, 0.6) is 0 Å². The van der Waals surface area contributed by atoms with Crippen molar-refractivity contribution in [1.29, 1.82) is 0 Å². The van der Waals surface area contributed by atoms with Crippen LogP contribution in [0.2, 0.25) is 0 Å². The molecular weight excluding hydrogens is 350 g/mol. The maximum absolute atomic E-state index is 13.7. The highest BCUT2D eigenvalue weighted by Gasteiger charge is 2.18. The normalized spacial score (nSPS) is 15.4. The van der Waals surface area contributed by atoms with Crippen LogP contribution in [-0.2, 0) is 4.79 Å². The van der Waals surface area contributed by atoms with Gasteiger partial charge in [0.1, 0.15) is 23.5 Å². The SMILES string of the molecule is CN1CCC(C=O)=C(c2ccc(NC(=O)c3c(F)cccc3F)cc2)CC1. The van der Waals surface area contributed by atoms with Crippen LogP contribution in [0.15, 0.2) is 48.0 Å². The molecule has 27 heavy (non-hydrogen) atoms. The van der Waals surface area contributed by atoms with Crippen LogP contribution in [0.25, 0.3) is 5.57 Å². The van der Waals surface area contributed by atoms with Crippen molar-refractivity contribution in [2.45, 2.75) is 12.8 Å². The van der Waals surface area contributed by atoms with Gasteiger partial charge in [-0.2, -0.15) is 0 Å². The van der Waals surface area contributed by atoms with Gasteiger partial charge in [-0.3, -0.25) is 9.59 Å². The van der Waals surface area contributed by atoms with Crippen LogP contribution in [-0.4, -0.2) is 37.2 Å². The van der Waals surface area contributed by atoms with Gasteiger partial charge in [-0.05, 0) is 60.9 Å². The molecule has 2 aromatic carbocycles. The quantitative estimate of drug-likeness (QED) is 0.831.